The van der Waals surface area contributed by atoms with Crippen molar-refractivity contribution in [3.8, 4) is 11.4 Å². The maximum Gasteiger partial charge on any atom is 0.326 e. The van der Waals surface area contributed by atoms with Crippen molar-refractivity contribution in [2.24, 2.45) is 0 Å². The van der Waals surface area contributed by atoms with E-state index in [9.17, 15) is 13.2 Å². The number of imidazole rings is 1. The Balaban J connectivity index is 1.58. The lowest BCUT2D eigenvalue weighted by atomic mass is 10.2. The van der Waals surface area contributed by atoms with E-state index >= 15 is 0 Å². The van der Waals surface area contributed by atoms with Crippen LogP contribution in [0.1, 0.15) is 31.3 Å². The Morgan fingerprint density at radius 3 is 2.63 bits per heavy atom. The fourth-order valence-electron chi connectivity index (χ4n) is 3.21. The van der Waals surface area contributed by atoms with Crippen LogP contribution in [0.25, 0.3) is 22.4 Å². The second kappa shape index (κ2) is 7.54. The van der Waals surface area contributed by atoms with Crippen molar-refractivity contribution in [1.29, 1.82) is 0 Å². The van der Waals surface area contributed by atoms with Gasteiger partial charge in [-0.3, -0.25) is 4.57 Å². The molecule has 0 aliphatic heterocycles. The van der Waals surface area contributed by atoms with Crippen LogP contribution in [0, 0.1) is 6.92 Å². The van der Waals surface area contributed by atoms with Gasteiger partial charge < -0.3 is 9.51 Å². The highest BCUT2D eigenvalue weighted by molar-refractivity contribution is 7.89. The van der Waals surface area contributed by atoms with Gasteiger partial charge in [0.25, 0.3) is 0 Å². The minimum atomic E-state index is -3.73. The summed E-state index contributed by atoms with van der Waals surface area (Å²) < 4.78 is 34.6. The standard InChI is InChI=1S/C20H21N5O4S/c1-4-25-17-10-7-14(11-16(17)21-20(25)26)18-22-19(29-23-18)13(3)24-30(27,28)15-8-5-12(2)6-9-15/h5-11,13,24H,4H2,1-3H3,(H,21,26). The number of aromatic amines is 1. The zero-order valence-corrected chi connectivity index (χ0v) is 17.5. The average Bonchev–Trinajstić information content (AvgIpc) is 3.31. The highest BCUT2D eigenvalue weighted by atomic mass is 32.2. The number of fused-ring (bicyclic) bond motifs is 1. The van der Waals surface area contributed by atoms with E-state index in [2.05, 4.69) is 19.8 Å². The average molecular weight is 427 g/mol. The number of H-pyrrole nitrogens is 1. The number of rotatable bonds is 6. The Morgan fingerprint density at radius 1 is 1.20 bits per heavy atom. The number of nitrogens with one attached hydrogen (secondary N) is 2. The molecule has 0 amide bonds. The first-order chi connectivity index (χ1) is 14.3. The third-order valence-electron chi connectivity index (χ3n) is 4.82. The smallest absolute Gasteiger partial charge is 0.326 e. The van der Waals surface area contributed by atoms with Gasteiger partial charge in [-0.2, -0.15) is 9.71 Å². The molecule has 1 unspecified atom stereocenters. The normalized spacial score (nSPS) is 13.0. The van der Waals surface area contributed by atoms with E-state index in [0.29, 0.717) is 23.4 Å². The summed E-state index contributed by atoms with van der Waals surface area (Å²) in [5, 5.41) is 3.96. The predicted molar refractivity (Wildman–Crippen MR) is 111 cm³/mol. The molecule has 0 saturated heterocycles. The number of nitrogens with zero attached hydrogens (tertiary/aromatic N) is 3. The number of hydrogen-bond donors (Lipinski definition) is 2. The quantitative estimate of drug-likeness (QED) is 0.488. The van der Waals surface area contributed by atoms with Gasteiger partial charge in [-0.05, 0) is 51.1 Å². The molecule has 9 nitrogen and oxygen atoms in total. The first-order valence-electron chi connectivity index (χ1n) is 9.44. The molecule has 30 heavy (non-hydrogen) atoms. The second-order valence-corrected chi connectivity index (χ2v) is 8.73. The molecule has 2 aromatic heterocycles. The third-order valence-corrected chi connectivity index (χ3v) is 6.38. The van der Waals surface area contributed by atoms with Crippen LogP contribution in [0.4, 0.5) is 0 Å². The van der Waals surface area contributed by atoms with Gasteiger partial charge in [-0.1, -0.05) is 22.9 Å². The molecule has 2 aromatic carbocycles. The van der Waals surface area contributed by atoms with Crippen molar-refractivity contribution in [2.45, 2.75) is 38.3 Å². The molecule has 2 N–H and O–H groups in total. The summed E-state index contributed by atoms with van der Waals surface area (Å²) in [6.45, 7) is 5.97. The summed E-state index contributed by atoms with van der Waals surface area (Å²) in [4.78, 5) is 19.3. The van der Waals surface area contributed by atoms with E-state index in [4.69, 9.17) is 4.52 Å². The lowest BCUT2D eigenvalue weighted by Crippen LogP contribution is -2.27. The molecule has 0 radical (unpaired) electrons. The fraction of sp³-hybridized carbons (Fsp3) is 0.250. The third kappa shape index (κ3) is 3.66. The summed E-state index contributed by atoms with van der Waals surface area (Å²) in [5.41, 5.74) is 2.89. The highest BCUT2D eigenvalue weighted by Crippen LogP contribution is 2.23. The van der Waals surface area contributed by atoms with Gasteiger partial charge in [0.05, 0.1) is 22.0 Å². The summed E-state index contributed by atoms with van der Waals surface area (Å²) in [7, 11) is -3.73. The van der Waals surface area contributed by atoms with Crippen LogP contribution >= 0.6 is 0 Å². The molecule has 4 aromatic rings. The molecule has 0 fully saturated rings. The van der Waals surface area contributed by atoms with Crippen molar-refractivity contribution in [3.05, 3.63) is 64.4 Å². The van der Waals surface area contributed by atoms with Crippen LogP contribution in [0.15, 0.2) is 56.7 Å². The molecule has 2 heterocycles. The summed E-state index contributed by atoms with van der Waals surface area (Å²) in [6, 6.07) is 11.2. The Morgan fingerprint density at radius 2 is 1.93 bits per heavy atom. The molecule has 1 atom stereocenters. The van der Waals surface area contributed by atoms with Crippen LogP contribution in [0.3, 0.4) is 0 Å². The molecule has 156 valence electrons. The van der Waals surface area contributed by atoms with E-state index in [1.807, 2.05) is 19.9 Å². The number of hydrogen-bond acceptors (Lipinski definition) is 6. The van der Waals surface area contributed by atoms with E-state index in [1.165, 1.54) is 0 Å². The van der Waals surface area contributed by atoms with E-state index in [1.54, 1.807) is 47.9 Å². The van der Waals surface area contributed by atoms with Gasteiger partial charge >= 0.3 is 5.69 Å². The van der Waals surface area contributed by atoms with Gasteiger partial charge in [-0.15, -0.1) is 0 Å². The lowest BCUT2D eigenvalue weighted by molar-refractivity contribution is 0.354. The number of aryl methyl sites for hydroxylation is 2. The van der Waals surface area contributed by atoms with Crippen LogP contribution in [0.5, 0.6) is 0 Å². The Bertz CT molecular complexity index is 1370. The Kier molecular flexibility index (Phi) is 5.04. The van der Waals surface area contributed by atoms with Gasteiger partial charge in [-0.25, -0.2) is 13.2 Å². The molecular weight excluding hydrogens is 406 g/mol. The molecule has 0 aliphatic rings. The fourth-order valence-corrected chi connectivity index (χ4v) is 4.41. The largest absolute Gasteiger partial charge is 0.337 e. The maximum absolute atomic E-state index is 12.6. The van der Waals surface area contributed by atoms with Crippen LogP contribution in [0.2, 0.25) is 0 Å². The molecule has 4 rings (SSSR count). The van der Waals surface area contributed by atoms with Crippen LogP contribution in [-0.2, 0) is 16.6 Å². The first kappa shape index (κ1) is 20.0. The topological polar surface area (TPSA) is 123 Å². The monoisotopic (exact) mass is 427 g/mol. The van der Waals surface area contributed by atoms with E-state index < -0.39 is 16.1 Å². The van der Waals surface area contributed by atoms with Crippen molar-refractivity contribution in [2.75, 3.05) is 0 Å². The maximum atomic E-state index is 12.6. The molecule has 0 saturated carbocycles. The number of aromatic nitrogens is 4. The number of sulfonamides is 1. The van der Waals surface area contributed by atoms with E-state index in [0.717, 1.165) is 11.1 Å². The Labute approximate surface area is 172 Å². The first-order valence-corrected chi connectivity index (χ1v) is 10.9. The molecular formula is C20H21N5O4S. The van der Waals surface area contributed by atoms with Crippen molar-refractivity contribution in [1.82, 2.24) is 24.4 Å². The minimum absolute atomic E-state index is 0.139. The molecule has 10 heteroatoms. The SMILES string of the molecule is CCn1c(=O)[nH]c2cc(-c3noc(C(C)NS(=O)(=O)c4ccc(C)cc4)n3)ccc21. The minimum Gasteiger partial charge on any atom is -0.337 e. The van der Waals surface area contributed by atoms with Gasteiger partial charge in [0.15, 0.2) is 0 Å². The van der Waals surface area contributed by atoms with Gasteiger partial charge in [0.1, 0.15) is 0 Å². The summed E-state index contributed by atoms with van der Waals surface area (Å²) in [6.07, 6.45) is 0. The van der Waals surface area contributed by atoms with Gasteiger partial charge in [0.2, 0.25) is 21.7 Å². The predicted octanol–water partition coefficient (Wildman–Crippen LogP) is 2.75. The highest BCUT2D eigenvalue weighted by Gasteiger charge is 2.23. The molecule has 0 bridgehead atoms. The second-order valence-electron chi connectivity index (χ2n) is 7.02. The van der Waals surface area contributed by atoms with E-state index in [-0.39, 0.29) is 16.5 Å². The van der Waals surface area contributed by atoms with Crippen LogP contribution < -0.4 is 10.4 Å². The Hall–Kier alpha value is -3.24. The zero-order chi connectivity index (χ0) is 21.5. The van der Waals surface area contributed by atoms with Crippen molar-refractivity contribution >= 4 is 21.1 Å². The van der Waals surface area contributed by atoms with Gasteiger partial charge in [0, 0.05) is 12.1 Å². The van der Waals surface area contributed by atoms with Crippen LogP contribution in [-0.4, -0.2) is 28.1 Å². The molecule has 0 aliphatic carbocycles. The number of benzene rings is 2. The summed E-state index contributed by atoms with van der Waals surface area (Å²) in [5.74, 6) is 0.443. The van der Waals surface area contributed by atoms with Crippen molar-refractivity contribution in [3.63, 3.8) is 0 Å². The zero-order valence-electron chi connectivity index (χ0n) is 16.7. The molecule has 0 spiro atoms. The lowest BCUT2D eigenvalue weighted by Gasteiger charge is -2.10. The van der Waals surface area contributed by atoms with Crippen molar-refractivity contribution < 1.29 is 12.9 Å². The summed E-state index contributed by atoms with van der Waals surface area (Å²) >= 11 is 0.